The van der Waals surface area contributed by atoms with Crippen molar-refractivity contribution >= 4 is 34.0 Å². The molecule has 1 aromatic rings. The summed E-state index contributed by atoms with van der Waals surface area (Å²) in [5.41, 5.74) is 2.08. The van der Waals surface area contributed by atoms with Gasteiger partial charge >= 0.3 is 0 Å². The summed E-state index contributed by atoms with van der Waals surface area (Å²) in [6.07, 6.45) is 1.02. The number of fused-ring (bicyclic) bond motifs is 2. The van der Waals surface area contributed by atoms with Crippen LogP contribution in [0, 0.1) is 0 Å². The second kappa shape index (κ2) is 7.81. The van der Waals surface area contributed by atoms with E-state index < -0.39 is 0 Å². The summed E-state index contributed by atoms with van der Waals surface area (Å²) < 4.78 is 5.56. The zero-order valence-electron chi connectivity index (χ0n) is 16.4. The van der Waals surface area contributed by atoms with E-state index >= 15 is 0 Å². The fourth-order valence-electron chi connectivity index (χ4n) is 4.06. The van der Waals surface area contributed by atoms with Crippen molar-refractivity contribution < 1.29 is 4.74 Å². The van der Waals surface area contributed by atoms with Crippen LogP contribution < -0.4 is 10.6 Å². The van der Waals surface area contributed by atoms with E-state index in [1.165, 1.54) is 0 Å². The maximum absolute atomic E-state index is 5.56. The van der Waals surface area contributed by atoms with Gasteiger partial charge in [-0.2, -0.15) is 0 Å². The van der Waals surface area contributed by atoms with Gasteiger partial charge in [0.1, 0.15) is 16.7 Å². The first-order valence-electron chi connectivity index (χ1n) is 9.84. The van der Waals surface area contributed by atoms with Gasteiger partial charge in [-0.25, -0.2) is 4.99 Å². The van der Waals surface area contributed by atoms with Crippen LogP contribution in [-0.2, 0) is 4.74 Å². The number of para-hydroxylation sites is 2. The molecule has 146 valence electrons. The molecule has 2 N–H and O–H groups in total. The fraction of sp³-hybridized carbons (Fsp3) is 0.600. The van der Waals surface area contributed by atoms with Gasteiger partial charge in [-0.1, -0.05) is 23.9 Å². The number of hydrogen-bond acceptors (Lipinski definition) is 7. The molecule has 1 saturated heterocycles. The first-order chi connectivity index (χ1) is 13.1. The standard InChI is InChI=1S/C20H29N5OS/c1-4-26-12-9-15-13-25(11-10-21-15)19-18-20(3,27-14(2)22-18)24-17-8-6-5-7-16(17)23-19/h5-8,15,18,21,24H,4,9-13H2,1-3H3/t15-,18?,20?/m0/s1. The highest BCUT2D eigenvalue weighted by atomic mass is 32.2. The van der Waals surface area contributed by atoms with Gasteiger partial charge in [0.25, 0.3) is 0 Å². The summed E-state index contributed by atoms with van der Waals surface area (Å²) in [4.78, 5) is 12.3. The molecule has 6 nitrogen and oxygen atoms in total. The molecule has 0 radical (unpaired) electrons. The number of rotatable bonds is 4. The summed E-state index contributed by atoms with van der Waals surface area (Å²) in [5.74, 6) is 1.09. The summed E-state index contributed by atoms with van der Waals surface area (Å²) in [7, 11) is 0. The first-order valence-corrected chi connectivity index (χ1v) is 10.7. The van der Waals surface area contributed by atoms with E-state index in [4.69, 9.17) is 14.7 Å². The van der Waals surface area contributed by atoms with Crippen molar-refractivity contribution in [1.82, 2.24) is 10.2 Å². The number of hydrogen-bond donors (Lipinski definition) is 2. The molecular formula is C20H29N5OS. The number of anilines is 1. The molecule has 2 unspecified atom stereocenters. The third kappa shape index (κ3) is 3.86. The van der Waals surface area contributed by atoms with Crippen LogP contribution in [0.4, 0.5) is 11.4 Å². The van der Waals surface area contributed by atoms with Crippen LogP contribution in [0.15, 0.2) is 34.3 Å². The SMILES string of the molecule is CCOCC[C@H]1CN(C2=Nc3ccccc3NC3(C)SC(C)=NC23)CCN1. The molecule has 3 aliphatic heterocycles. The lowest BCUT2D eigenvalue weighted by Gasteiger charge is -2.39. The summed E-state index contributed by atoms with van der Waals surface area (Å²) >= 11 is 1.81. The van der Waals surface area contributed by atoms with Crippen molar-refractivity contribution in [3.05, 3.63) is 24.3 Å². The second-order valence-electron chi connectivity index (χ2n) is 7.45. The zero-order valence-corrected chi connectivity index (χ0v) is 17.2. The van der Waals surface area contributed by atoms with Crippen molar-refractivity contribution in [2.24, 2.45) is 9.98 Å². The monoisotopic (exact) mass is 387 g/mol. The molecule has 3 atom stereocenters. The van der Waals surface area contributed by atoms with E-state index in [0.29, 0.717) is 6.04 Å². The number of ether oxygens (including phenoxy) is 1. The van der Waals surface area contributed by atoms with E-state index in [-0.39, 0.29) is 10.9 Å². The van der Waals surface area contributed by atoms with E-state index in [1.807, 2.05) is 18.7 Å². The van der Waals surface area contributed by atoms with Crippen molar-refractivity contribution in [2.75, 3.05) is 38.2 Å². The lowest BCUT2D eigenvalue weighted by atomic mass is 10.1. The molecule has 0 amide bonds. The van der Waals surface area contributed by atoms with Gasteiger partial charge in [0.05, 0.1) is 16.4 Å². The Labute approximate surface area is 165 Å². The van der Waals surface area contributed by atoms with Gasteiger partial charge in [0.15, 0.2) is 0 Å². The van der Waals surface area contributed by atoms with Crippen molar-refractivity contribution in [3.8, 4) is 0 Å². The van der Waals surface area contributed by atoms with Crippen LogP contribution in [0.5, 0.6) is 0 Å². The molecule has 3 aliphatic rings. The van der Waals surface area contributed by atoms with Gasteiger partial charge in [-0.05, 0) is 39.3 Å². The number of nitrogens with one attached hydrogen (secondary N) is 2. The highest BCUT2D eigenvalue weighted by Gasteiger charge is 2.47. The molecular weight excluding hydrogens is 358 g/mol. The van der Waals surface area contributed by atoms with Gasteiger partial charge in [0, 0.05) is 38.9 Å². The fourth-order valence-corrected chi connectivity index (χ4v) is 5.26. The lowest BCUT2D eigenvalue weighted by Crippen LogP contribution is -2.57. The van der Waals surface area contributed by atoms with Crippen LogP contribution in [-0.4, -0.2) is 65.6 Å². The van der Waals surface area contributed by atoms with Crippen molar-refractivity contribution in [1.29, 1.82) is 0 Å². The largest absolute Gasteiger partial charge is 0.382 e. The Balaban J connectivity index is 1.63. The quantitative estimate of drug-likeness (QED) is 0.778. The average Bonchev–Trinajstić information content (AvgIpc) is 2.88. The molecule has 1 aromatic carbocycles. The molecule has 27 heavy (non-hydrogen) atoms. The predicted octanol–water partition coefficient (Wildman–Crippen LogP) is 3.09. The van der Waals surface area contributed by atoms with Gasteiger partial charge in [-0.15, -0.1) is 0 Å². The molecule has 1 fully saturated rings. The molecule has 0 spiro atoms. The number of piperazine rings is 1. The van der Waals surface area contributed by atoms with Gasteiger partial charge < -0.3 is 20.3 Å². The highest BCUT2D eigenvalue weighted by Crippen LogP contribution is 2.44. The summed E-state index contributed by atoms with van der Waals surface area (Å²) in [6.45, 7) is 10.8. The summed E-state index contributed by atoms with van der Waals surface area (Å²) in [5, 5.41) is 8.46. The maximum atomic E-state index is 5.56. The Morgan fingerprint density at radius 2 is 2.22 bits per heavy atom. The smallest absolute Gasteiger partial charge is 0.141 e. The summed E-state index contributed by atoms with van der Waals surface area (Å²) in [6, 6.07) is 8.75. The van der Waals surface area contributed by atoms with Crippen LogP contribution in [0.25, 0.3) is 0 Å². The lowest BCUT2D eigenvalue weighted by molar-refractivity contribution is 0.128. The Morgan fingerprint density at radius 1 is 1.37 bits per heavy atom. The molecule has 0 aromatic heterocycles. The zero-order chi connectivity index (χ0) is 18.9. The molecule has 0 bridgehead atoms. The Bertz CT molecular complexity index is 752. The highest BCUT2D eigenvalue weighted by molar-refractivity contribution is 8.15. The third-order valence-electron chi connectivity index (χ3n) is 5.35. The second-order valence-corrected chi connectivity index (χ2v) is 9.10. The number of aliphatic imine (C=N–C) groups is 2. The Morgan fingerprint density at radius 3 is 3.07 bits per heavy atom. The predicted molar refractivity (Wildman–Crippen MR) is 115 cm³/mol. The van der Waals surface area contributed by atoms with Crippen molar-refractivity contribution in [3.63, 3.8) is 0 Å². The van der Waals surface area contributed by atoms with E-state index in [0.717, 1.165) is 61.5 Å². The minimum atomic E-state index is -0.207. The van der Waals surface area contributed by atoms with Crippen LogP contribution >= 0.6 is 11.8 Å². The van der Waals surface area contributed by atoms with Gasteiger partial charge in [-0.3, -0.25) is 4.99 Å². The molecule has 0 saturated carbocycles. The number of thioether (sulfide) groups is 1. The molecule has 7 heteroatoms. The number of amidine groups is 1. The van der Waals surface area contributed by atoms with E-state index in [9.17, 15) is 0 Å². The first kappa shape index (κ1) is 18.8. The Hall–Kier alpha value is -1.57. The number of benzene rings is 1. The Kier molecular flexibility index (Phi) is 5.43. The van der Waals surface area contributed by atoms with Crippen LogP contribution in [0.1, 0.15) is 27.2 Å². The molecule has 4 rings (SSSR count). The van der Waals surface area contributed by atoms with E-state index in [2.05, 4.69) is 53.6 Å². The normalized spacial score (nSPS) is 30.0. The van der Waals surface area contributed by atoms with Crippen molar-refractivity contribution in [2.45, 2.75) is 44.1 Å². The molecule has 3 heterocycles. The third-order valence-corrected chi connectivity index (χ3v) is 6.50. The molecule has 0 aliphatic carbocycles. The minimum absolute atomic E-state index is 0.0144. The van der Waals surface area contributed by atoms with Crippen LogP contribution in [0.2, 0.25) is 0 Å². The minimum Gasteiger partial charge on any atom is -0.382 e. The average molecular weight is 388 g/mol. The topological polar surface area (TPSA) is 61.2 Å². The van der Waals surface area contributed by atoms with Gasteiger partial charge in [0.2, 0.25) is 0 Å². The number of nitrogens with zero attached hydrogens (tertiary/aromatic N) is 3. The van der Waals surface area contributed by atoms with E-state index in [1.54, 1.807) is 0 Å². The van der Waals surface area contributed by atoms with Crippen LogP contribution in [0.3, 0.4) is 0 Å². The maximum Gasteiger partial charge on any atom is 0.141 e.